The predicted molar refractivity (Wildman–Crippen MR) is 182 cm³/mol. The Hall–Kier alpha value is -3.61. The second-order valence-electron chi connectivity index (χ2n) is 13.7. The van der Waals surface area contributed by atoms with Gasteiger partial charge in [-0.3, -0.25) is 4.90 Å². The van der Waals surface area contributed by atoms with Gasteiger partial charge in [0.25, 0.3) is 0 Å². The lowest BCUT2D eigenvalue weighted by atomic mass is 9.95. The van der Waals surface area contributed by atoms with Crippen LogP contribution in [0.5, 0.6) is 11.8 Å². The maximum absolute atomic E-state index is 17.3. The molecule has 49 heavy (non-hydrogen) atoms. The number of alkyl halides is 1. The van der Waals surface area contributed by atoms with Crippen LogP contribution in [0.2, 0.25) is 5.02 Å². The number of nitriles is 1. The summed E-state index contributed by atoms with van der Waals surface area (Å²) in [4.78, 5) is 15.8. The topological polar surface area (TPSA) is 113 Å². The van der Waals surface area contributed by atoms with E-state index in [2.05, 4.69) is 14.8 Å². The van der Waals surface area contributed by atoms with Crippen molar-refractivity contribution in [3.8, 4) is 29.0 Å². The molecule has 4 aliphatic heterocycles. The largest absolute Gasteiger partial charge is 0.491 e. The average molecular weight is 714 g/mol. The molecule has 8 rings (SSSR count). The summed E-state index contributed by atoms with van der Waals surface area (Å²) in [5.74, 6) is -0.890. The minimum Gasteiger partial charge on any atom is -0.491 e. The Labute approximate surface area is 290 Å². The average Bonchev–Trinajstić information content (AvgIpc) is 3.83. The zero-order valence-corrected chi connectivity index (χ0v) is 28.6. The highest BCUT2D eigenvalue weighted by atomic mass is 35.5. The van der Waals surface area contributed by atoms with E-state index < -0.39 is 23.3 Å². The minimum atomic E-state index is -0.950. The van der Waals surface area contributed by atoms with Gasteiger partial charge in [-0.05, 0) is 45.1 Å². The van der Waals surface area contributed by atoms with Gasteiger partial charge in [-0.15, -0.1) is 11.3 Å². The van der Waals surface area contributed by atoms with Crippen LogP contribution < -0.4 is 20.1 Å². The molecule has 0 aliphatic carbocycles. The van der Waals surface area contributed by atoms with Crippen LogP contribution >= 0.6 is 22.9 Å². The number of nitrogens with two attached hydrogens (primary N) is 1. The Morgan fingerprint density at radius 2 is 2.06 bits per heavy atom. The van der Waals surface area contributed by atoms with E-state index >= 15 is 8.78 Å². The summed E-state index contributed by atoms with van der Waals surface area (Å²) < 4.78 is 65.8. The Morgan fingerprint density at radius 3 is 2.86 bits per heavy atom. The molecule has 2 N–H and O–H groups in total. The van der Waals surface area contributed by atoms with Crippen LogP contribution in [-0.4, -0.2) is 104 Å². The highest BCUT2D eigenvalue weighted by Crippen LogP contribution is 2.51. The third kappa shape index (κ3) is 5.24. The zero-order chi connectivity index (χ0) is 34.2. The van der Waals surface area contributed by atoms with E-state index in [4.69, 9.17) is 36.5 Å². The van der Waals surface area contributed by atoms with Gasteiger partial charge < -0.3 is 29.7 Å². The fourth-order valence-corrected chi connectivity index (χ4v) is 9.34. The van der Waals surface area contributed by atoms with Crippen LogP contribution in [0, 0.1) is 28.9 Å². The molecule has 258 valence electrons. The standard InChI is InChI=1S/C34H35ClF3N7O3S/c1-43(2)8-9-45-22-15-46-13-17(22)14-47-29-25-28(41-33(42-32(25)45)48-16-34-6-3-7-44(34)12-18(36)10-34)27(38)24(26(29)35)19-4-5-21(37)30-23(19)20(11-39)31(40)49-30/h4-5,17-18,22H,3,6-10,12-16,40H2,1-2H3/t17?,18-,22?,34+/m1/s1. The Morgan fingerprint density at radius 1 is 1.22 bits per heavy atom. The molecule has 6 heterocycles. The number of halogens is 4. The van der Waals surface area contributed by atoms with Crippen molar-refractivity contribution < 1.29 is 27.4 Å². The first-order valence-corrected chi connectivity index (χ1v) is 17.6. The summed E-state index contributed by atoms with van der Waals surface area (Å²) in [6.45, 7) is 3.59. The van der Waals surface area contributed by atoms with Gasteiger partial charge in [-0.1, -0.05) is 17.7 Å². The lowest BCUT2D eigenvalue weighted by Crippen LogP contribution is -2.47. The fraction of sp³-hybridized carbons (Fsp3) is 0.500. The number of thiophene rings is 1. The molecule has 3 saturated heterocycles. The maximum Gasteiger partial charge on any atom is 0.319 e. The number of benzene rings is 2. The van der Waals surface area contributed by atoms with Crippen molar-refractivity contribution in [3.63, 3.8) is 0 Å². The fourth-order valence-electron chi connectivity index (χ4n) is 8.05. The molecule has 0 amide bonds. The van der Waals surface area contributed by atoms with Crippen molar-refractivity contribution >= 4 is 54.7 Å². The number of ether oxygens (including phenoxy) is 3. The van der Waals surface area contributed by atoms with Gasteiger partial charge in [0.15, 0.2) is 11.6 Å². The third-order valence-electron chi connectivity index (χ3n) is 10.4. The maximum atomic E-state index is 17.3. The van der Waals surface area contributed by atoms with E-state index in [-0.39, 0.29) is 84.6 Å². The molecule has 4 atom stereocenters. The monoisotopic (exact) mass is 713 g/mol. The van der Waals surface area contributed by atoms with Crippen molar-refractivity contribution in [3.05, 3.63) is 34.4 Å². The number of nitrogens with zero attached hydrogens (tertiary/aromatic N) is 6. The summed E-state index contributed by atoms with van der Waals surface area (Å²) in [5, 5.41) is 10.5. The van der Waals surface area contributed by atoms with Crippen LogP contribution in [0.3, 0.4) is 0 Å². The van der Waals surface area contributed by atoms with Crippen molar-refractivity contribution in [1.82, 2.24) is 19.8 Å². The second-order valence-corrected chi connectivity index (χ2v) is 15.1. The lowest BCUT2D eigenvalue weighted by molar-refractivity contribution is 0.107. The summed E-state index contributed by atoms with van der Waals surface area (Å²) in [7, 11) is 3.94. The van der Waals surface area contributed by atoms with Crippen molar-refractivity contribution in [2.24, 2.45) is 5.92 Å². The van der Waals surface area contributed by atoms with Crippen LogP contribution in [0.1, 0.15) is 24.8 Å². The van der Waals surface area contributed by atoms with E-state index in [1.165, 1.54) is 12.1 Å². The molecule has 10 nitrogen and oxygen atoms in total. The molecule has 15 heteroatoms. The molecule has 2 aromatic carbocycles. The molecule has 2 aromatic heterocycles. The quantitative estimate of drug-likeness (QED) is 0.259. The van der Waals surface area contributed by atoms with Gasteiger partial charge in [0, 0.05) is 42.9 Å². The van der Waals surface area contributed by atoms with E-state index in [0.717, 1.165) is 30.7 Å². The van der Waals surface area contributed by atoms with Gasteiger partial charge in [-0.25, -0.2) is 13.2 Å². The SMILES string of the molecule is CN(C)CCN1c2nc(OC[C@@]34CCCN3C[C@H](F)C4)nc3c(F)c(-c4ccc(F)c5sc(N)c(C#N)c45)c(Cl)c(c23)OCC2COCC21. The number of rotatable bonds is 7. The number of aromatic nitrogens is 2. The van der Waals surface area contributed by atoms with Crippen LogP contribution in [0.4, 0.5) is 24.0 Å². The molecule has 0 bridgehead atoms. The summed E-state index contributed by atoms with van der Waals surface area (Å²) in [5.41, 5.74) is 5.66. The molecular weight excluding hydrogens is 679 g/mol. The number of hydrogen-bond donors (Lipinski definition) is 1. The molecule has 3 fully saturated rings. The zero-order valence-electron chi connectivity index (χ0n) is 27.1. The summed E-state index contributed by atoms with van der Waals surface area (Å²) in [6.07, 6.45) is 1.11. The first-order chi connectivity index (χ1) is 23.6. The number of anilines is 2. The van der Waals surface area contributed by atoms with E-state index in [1.807, 2.05) is 25.1 Å². The van der Waals surface area contributed by atoms with Crippen molar-refractivity contribution in [1.29, 1.82) is 5.26 Å². The highest BCUT2D eigenvalue weighted by Gasteiger charge is 2.49. The Balaban J connectivity index is 1.37. The number of hydrogen-bond acceptors (Lipinski definition) is 11. The smallest absolute Gasteiger partial charge is 0.319 e. The molecule has 0 spiro atoms. The summed E-state index contributed by atoms with van der Waals surface area (Å²) in [6, 6.07) is 4.45. The number of nitrogen functional groups attached to an aromatic ring is 1. The normalized spacial score (nSPS) is 25.0. The third-order valence-corrected chi connectivity index (χ3v) is 11.8. The van der Waals surface area contributed by atoms with Gasteiger partial charge in [0.2, 0.25) is 0 Å². The molecule has 0 saturated carbocycles. The van der Waals surface area contributed by atoms with Crippen LogP contribution in [-0.2, 0) is 4.74 Å². The second kappa shape index (κ2) is 12.3. The van der Waals surface area contributed by atoms with Crippen molar-refractivity contribution in [2.75, 3.05) is 77.3 Å². The molecule has 4 aliphatic rings. The van der Waals surface area contributed by atoms with E-state index in [1.54, 1.807) is 0 Å². The molecule has 0 radical (unpaired) electrons. The number of likely N-dealkylation sites (N-methyl/N-ethyl adjacent to an activating group) is 1. The summed E-state index contributed by atoms with van der Waals surface area (Å²) >= 11 is 8.04. The Kier molecular flexibility index (Phi) is 8.19. The van der Waals surface area contributed by atoms with Gasteiger partial charge >= 0.3 is 6.01 Å². The predicted octanol–water partition coefficient (Wildman–Crippen LogP) is 5.63. The first kappa shape index (κ1) is 32.6. The van der Waals surface area contributed by atoms with Crippen molar-refractivity contribution in [2.45, 2.75) is 37.0 Å². The minimum absolute atomic E-state index is 0.0324. The van der Waals surface area contributed by atoms with E-state index in [0.29, 0.717) is 45.1 Å². The molecular formula is C34H35ClF3N7O3S. The highest BCUT2D eigenvalue weighted by molar-refractivity contribution is 7.23. The van der Waals surface area contributed by atoms with Crippen LogP contribution in [0.15, 0.2) is 12.1 Å². The first-order valence-electron chi connectivity index (χ1n) is 16.4. The Bertz CT molecular complexity index is 2030. The van der Waals surface area contributed by atoms with Crippen LogP contribution in [0.25, 0.3) is 32.1 Å². The number of fused-ring (bicyclic) bond motifs is 3. The van der Waals surface area contributed by atoms with E-state index in [9.17, 15) is 9.65 Å². The molecule has 2 unspecified atom stereocenters. The van der Waals surface area contributed by atoms with Gasteiger partial charge in [0.1, 0.15) is 41.0 Å². The lowest BCUT2D eigenvalue weighted by Gasteiger charge is -2.37. The van der Waals surface area contributed by atoms with Gasteiger partial charge in [-0.2, -0.15) is 15.2 Å². The molecule has 4 aromatic rings. The van der Waals surface area contributed by atoms with Gasteiger partial charge in [0.05, 0.1) is 52.1 Å².